The van der Waals surface area contributed by atoms with E-state index in [1.165, 1.54) is 11.4 Å². The van der Waals surface area contributed by atoms with Crippen molar-refractivity contribution in [1.82, 2.24) is 4.31 Å². The summed E-state index contributed by atoms with van der Waals surface area (Å²) in [5.74, 6) is 0.529. The van der Waals surface area contributed by atoms with Gasteiger partial charge >= 0.3 is 0 Å². The summed E-state index contributed by atoms with van der Waals surface area (Å²) in [5.41, 5.74) is 1.01. The molecule has 0 atom stereocenters. The molecule has 1 heterocycles. The van der Waals surface area contributed by atoms with Gasteiger partial charge in [0.15, 0.2) is 0 Å². The Morgan fingerprint density at radius 1 is 1.00 bits per heavy atom. The molecule has 0 saturated carbocycles. The molecule has 2 aromatic carbocycles. The van der Waals surface area contributed by atoms with Gasteiger partial charge in [-0.15, -0.1) is 0 Å². The Morgan fingerprint density at radius 2 is 1.63 bits per heavy atom. The summed E-state index contributed by atoms with van der Waals surface area (Å²) in [6.45, 7) is 5.59. The highest BCUT2D eigenvalue weighted by molar-refractivity contribution is 7.89. The lowest BCUT2D eigenvalue weighted by atomic mass is 9.98. The molecule has 0 bridgehead atoms. The molecule has 2 aromatic rings. The number of piperazine rings is 1. The van der Waals surface area contributed by atoms with Crippen LogP contribution in [0.1, 0.15) is 19.4 Å². The minimum atomic E-state index is -3.53. The SMILES string of the molecule is COc1cccc(S(=O)(=O)N2CCN(c3ccc(C(C)(C)O)cc3)CC2)c1. The van der Waals surface area contributed by atoms with Gasteiger partial charge in [0.2, 0.25) is 10.0 Å². The van der Waals surface area contributed by atoms with E-state index in [0.29, 0.717) is 31.9 Å². The molecule has 0 radical (unpaired) electrons. The molecule has 27 heavy (non-hydrogen) atoms. The van der Waals surface area contributed by atoms with Gasteiger partial charge in [-0.25, -0.2) is 8.42 Å². The first kappa shape index (κ1) is 19.7. The van der Waals surface area contributed by atoms with Gasteiger partial charge in [-0.3, -0.25) is 0 Å². The lowest BCUT2D eigenvalue weighted by Crippen LogP contribution is -2.48. The first-order valence-corrected chi connectivity index (χ1v) is 10.4. The Hall–Kier alpha value is -2.09. The Balaban J connectivity index is 1.69. The van der Waals surface area contributed by atoms with Gasteiger partial charge in [0.1, 0.15) is 5.75 Å². The molecule has 146 valence electrons. The van der Waals surface area contributed by atoms with E-state index in [-0.39, 0.29) is 4.90 Å². The number of methoxy groups -OCH3 is 1. The highest BCUT2D eigenvalue weighted by atomic mass is 32.2. The summed E-state index contributed by atoms with van der Waals surface area (Å²) in [6, 6.07) is 14.3. The monoisotopic (exact) mass is 390 g/mol. The fourth-order valence-electron chi connectivity index (χ4n) is 3.18. The molecule has 0 spiro atoms. The van der Waals surface area contributed by atoms with Crippen molar-refractivity contribution in [2.45, 2.75) is 24.3 Å². The normalized spacial score (nSPS) is 16.4. The number of ether oxygens (including phenoxy) is 1. The van der Waals surface area contributed by atoms with Crippen LogP contribution in [-0.2, 0) is 15.6 Å². The lowest BCUT2D eigenvalue weighted by Gasteiger charge is -2.35. The van der Waals surface area contributed by atoms with Gasteiger partial charge in [0.05, 0.1) is 17.6 Å². The van der Waals surface area contributed by atoms with E-state index in [0.717, 1.165) is 11.3 Å². The van der Waals surface area contributed by atoms with Gasteiger partial charge in [0, 0.05) is 37.9 Å². The smallest absolute Gasteiger partial charge is 0.243 e. The number of hydrogen-bond donors (Lipinski definition) is 1. The molecule has 0 aromatic heterocycles. The molecule has 1 aliphatic rings. The van der Waals surface area contributed by atoms with Crippen molar-refractivity contribution in [2.24, 2.45) is 0 Å². The maximum absolute atomic E-state index is 12.9. The number of hydrogen-bond acceptors (Lipinski definition) is 5. The zero-order valence-electron chi connectivity index (χ0n) is 15.9. The number of anilines is 1. The Kier molecular flexibility index (Phi) is 5.46. The average Bonchev–Trinajstić information content (AvgIpc) is 2.67. The van der Waals surface area contributed by atoms with Crippen molar-refractivity contribution in [3.63, 3.8) is 0 Å². The summed E-state index contributed by atoms with van der Waals surface area (Å²) in [4.78, 5) is 2.41. The second-order valence-corrected chi connectivity index (χ2v) is 9.11. The number of nitrogens with zero attached hydrogens (tertiary/aromatic N) is 2. The summed E-state index contributed by atoms with van der Waals surface area (Å²) in [5, 5.41) is 10.1. The summed E-state index contributed by atoms with van der Waals surface area (Å²) >= 11 is 0. The predicted octanol–water partition coefficient (Wildman–Crippen LogP) is 2.43. The molecule has 3 rings (SSSR count). The minimum absolute atomic E-state index is 0.254. The van der Waals surface area contributed by atoms with Crippen LogP contribution in [0, 0.1) is 0 Å². The van der Waals surface area contributed by atoms with Crippen LogP contribution in [0.2, 0.25) is 0 Å². The highest BCUT2D eigenvalue weighted by Gasteiger charge is 2.29. The molecule has 0 amide bonds. The maximum Gasteiger partial charge on any atom is 0.243 e. The van der Waals surface area contributed by atoms with Crippen LogP contribution in [0.25, 0.3) is 0 Å². The molecule has 7 heteroatoms. The van der Waals surface area contributed by atoms with Crippen molar-refractivity contribution in [3.05, 3.63) is 54.1 Å². The van der Waals surface area contributed by atoms with Crippen LogP contribution in [0.4, 0.5) is 5.69 Å². The van der Waals surface area contributed by atoms with Crippen LogP contribution in [0.15, 0.2) is 53.4 Å². The van der Waals surface area contributed by atoms with Crippen molar-refractivity contribution in [3.8, 4) is 5.75 Å². The first-order chi connectivity index (χ1) is 12.7. The standard InChI is InChI=1S/C20H26N2O4S/c1-20(2,23)16-7-9-17(10-8-16)21-11-13-22(14-12-21)27(24,25)19-6-4-5-18(15-19)26-3/h4-10,15,23H,11-14H2,1-3H3. The number of sulfonamides is 1. The number of benzene rings is 2. The average molecular weight is 391 g/mol. The molecular weight excluding hydrogens is 364 g/mol. The Bertz CT molecular complexity index is 881. The molecule has 1 saturated heterocycles. The van der Waals surface area contributed by atoms with Crippen molar-refractivity contribution in [1.29, 1.82) is 0 Å². The lowest BCUT2D eigenvalue weighted by molar-refractivity contribution is 0.0786. The van der Waals surface area contributed by atoms with Gasteiger partial charge in [-0.1, -0.05) is 18.2 Å². The van der Waals surface area contributed by atoms with E-state index in [9.17, 15) is 13.5 Å². The molecule has 1 N–H and O–H groups in total. The van der Waals surface area contributed by atoms with Crippen molar-refractivity contribution < 1.29 is 18.3 Å². The van der Waals surface area contributed by atoms with Crippen LogP contribution in [0.3, 0.4) is 0 Å². The topological polar surface area (TPSA) is 70.1 Å². The summed E-state index contributed by atoms with van der Waals surface area (Å²) < 4.78 is 32.4. The third-order valence-corrected chi connectivity index (χ3v) is 6.75. The molecule has 0 aliphatic carbocycles. The molecule has 1 fully saturated rings. The van der Waals surface area contributed by atoms with E-state index >= 15 is 0 Å². The molecule has 6 nitrogen and oxygen atoms in total. The van der Waals surface area contributed by atoms with Crippen molar-refractivity contribution >= 4 is 15.7 Å². The fraction of sp³-hybridized carbons (Fsp3) is 0.400. The van der Waals surface area contributed by atoms with E-state index < -0.39 is 15.6 Å². The van der Waals surface area contributed by atoms with E-state index in [2.05, 4.69) is 4.90 Å². The number of aliphatic hydroxyl groups is 1. The quantitative estimate of drug-likeness (QED) is 0.849. The second kappa shape index (κ2) is 7.50. The first-order valence-electron chi connectivity index (χ1n) is 8.94. The molecular formula is C20H26N2O4S. The van der Waals surface area contributed by atoms with Crippen LogP contribution < -0.4 is 9.64 Å². The van der Waals surface area contributed by atoms with E-state index in [4.69, 9.17) is 4.74 Å². The van der Waals surface area contributed by atoms with Gasteiger partial charge in [-0.05, 0) is 43.7 Å². The third-order valence-electron chi connectivity index (χ3n) is 4.86. The highest BCUT2D eigenvalue weighted by Crippen LogP contribution is 2.26. The number of rotatable bonds is 5. The second-order valence-electron chi connectivity index (χ2n) is 7.18. The van der Waals surface area contributed by atoms with Gasteiger partial charge in [-0.2, -0.15) is 4.31 Å². The van der Waals surface area contributed by atoms with Gasteiger partial charge in [0.25, 0.3) is 0 Å². The largest absolute Gasteiger partial charge is 0.497 e. The molecule has 0 unspecified atom stereocenters. The Morgan fingerprint density at radius 3 is 2.19 bits per heavy atom. The van der Waals surface area contributed by atoms with Crippen LogP contribution in [0.5, 0.6) is 5.75 Å². The molecule has 1 aliphatic heterocycles. The summed E-state index contributed by atoms with van der Waals surface area (Å²) in [6.07, 6.45) is 0. The van der Waals surface area contributed by atoms with Crippen LogP contribution in [-0.4, -0.2) is 51.1 Å². The van der Waals surface area contributed by atoms with E-state index in [1.807, 2.05) is 24.3 Å². The minimum Gasteiger partial charge on any atom is -0.497 e. The third kappa shape index (κ3) is 4.26. The van der Waals surface area contributed by atoms with E-state index in [1.54, 1.807) is 38.1 Å². The Labute approximate surface area is 161 Å². The van der Waals surface area contributed by atoms with Gasteiger partial charge < -0.3 is 14.7 Å². The van der Waals surface area contributed by atoms with Crippen molar-refractivity contribution in [2.75, 3.05) is 38.2 Å². The zero-order chi connectivity index (χ0) is 19.7. The maximum atomic E-state index is 12.9. The predicted molar refractivity (Wildman–Crippen MR) is 106 cm³/mol. The van der Waals surface area contributed by atoms with Crippen LogP contribution >= 0.6 is 0 Å². The fourth-order valence-corrected chi connectivity index (χ4v) is 4.64. The zero-order valence-corrected chi connectivity index (χ0v) is 16.7. The summed E-state index contributed by atoms with van der Waals surface area (Å²) in [7, 11) is -2.01.